The molecule has 0 N–H and O–H groups in total. The van der Waals surface area contributed by atoms with Gasteiger partial charge < -0.3 is 14.4 Å². The fourth-order valence-electron chi connectivity index (χ4n) is 5.02. The van der Waals surface area contributed by atoms with Gasteiger partial charge in [0.15, 0.2) is 11.5 Å². The lowest BCUT2D eigenvalue weighted by molar-refractivity contribution is -0.129. The zero-order chi connectivity index (χ0) is 21.5. The third-order valence-electron chi connectivity index (χ3n) is 6.53. The predicted octanol–water partition coefficient (Wildman–Crippen LogP) is 4.80. The van der Waals surface area contributed by atoms with Gasteiger partial charge in [0.25, 0.3) is 0 Å². The summed E-state index contributed by atoms with van der Waals surface area (Å²) in [6.45, 7) is 2.15. The number of ether oxygens (including phenoxy) is 2. The van der Waals surface area contributed by atoms with E-state index >= 15 is 0 Å². The molecule has 0 bridgehead atoms. The number of aromatic nitrogens is 2. The number of hydrogen-bond donors (Lipinski definition) is 0. The van der Waals surface area contributed by atoms with Gasteiger partial charge in [0.1, 0.15) is 16.2 Å². The summed E-state index contributed by atoms with van der Waals surface area (Å²) in [5.41, 5.74) is 2.54. The van der Waals surface area contributed by atoms with Gasteiger partial charge in [-0.3, -0.25) is 4.79 Å². The molecule has 1 unspecified atom stereocenters. The van der Waals surface area contributed by atoms with Crippen LogP contribution in [0, 0.1) is 0 Å². The highest BCUT2D eigenvalue weighted by atomic mass is 32.2. The minimum atomic E-state index is 0.0936. The zero-order valence-electron chi connectivity index (χ0n) is 17.8. The maximum atomic E-state index is 13.3. The zero-order valence-corrected chi connectivity index (χ0v) is 19.5. The fraction of sp³-hybridized carbons (Fsp3) is 0.458. The molecule has 2 aromatic heterocycles. The van der Waals surface area contributed by atoms with E-state index in [1.54, 1.807) is 29.4 Å². The molecule has 4 heterocycles. The van der Waals surface area contributed by atoms with Crippen LogP contribution in [-0.2, 0) is 17.6 Å². The van der Waals surface area contributed by atoms with Crippen molar-refractivity contribution in [3.63, 3.8) is 0 Å². The van der Waals surface area contributed by atoms with E-state index in [9.17, 15) is 4.79 Å². The monoisotopic (exact) mass is 467 g/mol. The Hall–Kier alpha value is -2.32. The van der Waals surface area contributed by atoms with E-state index in [2.05, 4.69) is 22.1 Å². The van der Waals surface area contributed by atoms with Gasteiger partial charge in [-0.2, -0.15) is 0 Å². The van der Waals surface area contributed by atoms with Crippen molar-refractivity contribution in [2.75, 3.05) is 25.5 Å². The van der Waals surface area contributed by atoms with Crippen LogP contribution >= 0.6 is 23.1 Å². The third kappa shape index (κ3) is 3.63. The summed E-state index contributed by atoms with van der Waals surface area (Å²) in [4.78, 5) is 26.8. The van der Waals surface area contributed by atoms with Crippen LogP contribution in [0.1, 0.15) is 47.7 Å². The van der Waals surface area contributed by atoms with Gasteiger partial charge in [0, 0.05) is 23.2 Å². The number of likely N-dealkylation sites (tertiary alicyclic amines) is 1. The second kappa shape index (κ2) is 8.56. The van der Waals surface area contributed by atoms with Crippen LogP contribution in [-0.4, -0.2) is 46.3 Å². The number of hydrogen-bond acceptors (Lipinski definition) is 7. The summed E-state index contributed by atoms with van der Waals surface area (Å²) < 4.78 is 11.6. The Balaban J connectivity index is 1.20. The molecule has 3 aliphatic rings. The van der Waals surface area contributed by atoms with E-state index in [4.69, 9.17) is 9.47 Å². The lowest BCUT2D eigenvalue weighted by Gasteiger charge is -2.25. The number of fused-ring (bicyclic) bond motifs is 4. The molecule has 0 radical (unpaired) electrons. The number of nitrogens with zero attached hydrogens (tertiary/aromatic N) is 3. The summed E-state index contributed by atoms with van der Waals surface area (Å²) in [6, 6.07) is 6.23. The Morgan fingerprint density at radius 2 is 2.03 bits per heavy atom. The maximum Gasteiger partial charge on any atom is 0.233 e. The number of amides is 1. The van der Waals surface area contributed by atoms with Gasteiger partial charge >= 0.3 is 0 Å². The van der Waals surface area contributed by atoms with Gasteiger partial charge in [-0.25, -0.2) is 9.97 Å². The molecule has 0 saturated carbocycles. The van der Waals surface area contributed by atoms with Gasteiger partial charge in [-0.15, -0.1) is 11.3 Å². The average molecular weight is 468 g/mol. The van der Waals surface area contributed by atoms with Crippen LogP contribution in [0.5, 0.6) is 11.5 Å². The van der Waals surface area contributed by atoms with Crippen molar-refractivity contribution in [3.05, 3.63) is 40.5 Å². The number of benzene rings is 1. The van der Waals surface area contributed by atoms with E-state index in [1.165, 1.54) is 22.2 Å². The molecule has 1 aromatic carbocycles. The highest BCUT2D eigenvalue weighted by molar-refractivity contribution is 8.00. The SMILES string of the molecule is O=C(CSc1ncnc2sc3c(c12)CCC3)N1CCCC1c1ccc2c(c1)OCCCO2. The number of thioether (sulfide) groups is 1. The fourth-order valence-corrected chi connectivity index (χ4v) is 7.23. The van der Waals surface area contributed by atoms with Crippen LogP contribution in [0.4, 0.5) is 0 Å². The molecular weight excluding hydrogens is 442 g/mol. The van der Waals surface area contributed by atoms with Crippen LogP contribution in [0.3, 0.4) is 0 Å². The summed E-state index contributed by atoms with van der Waals surface area (Å²) in [5.74, 6) is 2.16. The second-order valence-electron chi connectivity index (χ2n) is 8.51. The minimum absolute atomic E-state index is 0.0936. The van der Waals surface area contributed by atoms with E-state index in [-0.39, 0.29) is 11.9 Å². The van der Waals surface area contributed by atoms with Crippen LogP contribution in [0.15, 0.2) is 29.6 Å². The lowest BCUT2D eigenvalue weighted by Crippen LogP contribution is -2.32. The first-order valence-electron chi connectivity index (χ1n) is 11.3. The number of thiophene rings is 1. The molecule has 8 heteroatoms. The number of rotatable bonds is 4. The molecule has 2 aliphatic heterocycles. The van der Waals surface area contributed by atoms with Crippen molar-refractivity contribution in [2.24, 2.45) is 0 Å². The molecule has 6 rings (SSSR count). The quantitative estimate of drug-likeness (QED) is 0.406. The number of carbonyl (C=O) groups excluding carboxylic acids is 1. The normalized spacial score (nSPS) is 19.9. The summed E-state index contributed by atoms with van der Waals surface area (Å²) in [5, 5.41) is 2.14. The van der Waals surface area contributed by atoms with E-state index < -0.39 is 0 Å². The van der Waals surface area contributed by atoms with Crippen molar-refractivity contribution in [2.45, 2.75) is 49.6 Å². The molecule has 1 saturated heterocycles. The first kappa shape index (κ1) is 20.3. The Morgan fingerprint density at radius 3 is 2.97 bits per heavy atom. The second-order valence-corrected chi connectivity index (χ2v) is 10.6. The molecule has 32 heavy (non-hydrogen) atoms. The maximum absolute atomic E-state index is 13.3. The van der Waals surface area contributed by atoms with Gasteiger partial charge in [0.2, 0.25) is 5.91 Å². The molecule has 0 spiro atoms. The smallest absolute Gasteiger partial charge is 0.233 e. The molecule has 1 aliphatic carbocycles. The van der Waals surface area contributed by atoms with Gasteiger partial charge in [0.05, 0.1) is 25.0 Å². The first-order valence-corrected chi connectivity index (χ1v) is 13.2. The minimum Gasteiger partial charge on any atom is -0.490 e. The van der Waals surface area contributed by atoms with Crippen LogP contribution < -0.4 is 9.47 Å². The highest BCUT2D eigenvalue weighted by Crippen LogP contribution is 2.41. The van der Waals surface area contributed by atoms with Crippen molar-refractivity contribution in [1.29, 1.82) is 0 Å². The van der Waals surface area contributed by atoms with E-state index in [0.717, 1.165) is 65.6 Å². The van der Waals surface area contributed by atoms with Crippen LogP contribution in [0.2, 0.25) is 0 Å². The van der Waals surface area contributed by atoms with E-state index in [0.29, 0.717) is 19.0 Å². The molecule has 1 atom stereocenters. The molecule has 3 aromatic rings. The van der Waals surface area contributed by atoms with Crippen LogP contribution in [0.25, 0.3) is 10.2 Å². The van der Waals surface area contributed by atoms with Crippen molar-refractivity contribution < 1.29 is 14.3 Å². The van der Waals surface area contributed by atoms with Crippen molar-refractivity contribution >= 4 is 39.2 Å². The predicted molar refractivity (Wildman–Crippen MR) is 126 cm³/mol. The third-order valence-corrected chi connectivity index (χ3v) is 8.70. The summed E-state index contributed by atoms with van der Waals surface area (Å²) in [6.07, 6.45) is 7.97. The average Bonchev–Trinajstić information content (AvgIpc) is 3.50. The van der Waals surface area contributed by atoms with E-state index in [1.807, 2.05) is 11.0 Å². The topological polar surface area (TPSA) is 64.6 Å². The number of aryl methyl sites for hydroxylation is 2. The summed E-state index contributed by atoms with van der Waals surface area (Å²) >= 11 is 3.35. The molecule has 6 nitrogen and oxygen atoms in total. The lowest BCUT2D eigenvalue weighted by atomic mass is 10.0. The van der Waals surface area contributed by atoms with Crippen molar-refractivity contribution in [3.8, 4) is 11.5 Å². The largest absolute Gasteiger partial charge is 0.490 e. The summed E-state index contributed by atoms with van der Waals surface area (Å²) in [7, 11) is 0. The van der Waals surface area contributed by atoms with Crippen molar-refractivity contribution in [1.82, 2.24) is 14.9 Å². The molecule has 166 valence electrons. The molecule has 1 amide bonds. The first-order chi connectivity index (χ1) is 15.8. The van der Waals surface area contributed by atoms with Gasteiger partial charge in [-0.1, -0.05) is 17.8 Å². The standard InChI is InChI=1S/C24H25N3O3S2/c28-21(13-31-23-22-16-4-1-6-20(16)32-24(22)26-14-25-23)27-9-2-5-17(27)15-7-8-18-19(12-15)30-11-3-10-29-18/h7-8,12,14,17H,1-6,9-11,13H2. The highest BCUT2D eigenvalue weighted by Gasteiger charge is 2.31. The number of carbonyl (C=O) groups is 1. The Morgan fingerprint density at radius 1 is 1.12 bits per heavy atom. The Bertz CT molecular complexity index is 1180. The Kier molecular flexibility index (Phi) is 5.43. The Labute approximate surface area is 195 Å². The molecular formula is C24H25N3O3S2. The molecule has 1 fully saturated rings. The van der Waals surface area contributed by atoms with Gasteiger partial charge in [-0.05, 0) is 55.4 Å².